The molecule has 8 aromatic rings. The van der Waals surface area contributed by atoms with E-state index in [1.807, 2.05) is 36.4 Å². The Morgan fingerprint density at radius 2 is 1.08 bits per heavy atom. The van der Waals surface area contributed by atoms with Crippen molar-refractivity contribution in [1.82, 2.24) is 0 Å². The highest BCUT2D eigenvalue weighted by atomic mass is 16.3. The van der Waals surface area contributed by atoms with Crippen LogP contribution in [0.4, 0.5) is 17.1 Å². The standard InChI is InChI=1S/C46H31NO2/c1-46(2)40-16-7-5-11-34(40)35-24-22-30(26-41(35)46)47(31-23-25-37-36-12-6-8-17-42(36)49-43(37)27-31)29-20-18-28(19-21-29)32-14-9-15-38-33-10-3-4-13-39(33)45(48)44(32)38/h3-27H,1-2H3. The van der Waals surface area contributed by atoms with Gasteiger partial charge in [0.15, 0.2) is 5.78 Å². The molecule has 0 N–H and O–H groups in total. The van der Waals surface area contributed by atoms with Crippen LogP contribution in [0.3, 0.4) is 0 Å². The summed E-state index contributed by atoms with van der Waals surface area (Å²) in [6.07, 6.45) is 0. The number of fused-ring (bicyclic) bond motifs is 9. The van der Waals surface area contributed by atoms with E-state index in [2.05, 4.69) is 134 Å². The van der Waals surface area contributed by atoms with Crippen molar-refractivity contribution in [2.75, 3.05) is 4.90 Å². The highest BCUT2D eigenvalue weighted by Gasteiger charge is 2.36. The molecule has 3 heteroatoms. The molecule has 0 saturated heterocycles. The van der Waals surface area contributed by atoms with Gasteiger partial charge >= 0.3 is 0 Å². The maximum atomic E-state index is 13.6. The molecule has 2 aliphatic carbocycles. The lowest BCUT2D eigenvalue weighted by molar-refractivity contribution is 0.104. The Bertz CT molecular complexity index is 2660. The van der Waals surface area contributed by atoms with Crippen molar-refractivity contribution in [3.05, 3.63) is 174 Å². The molecule has 0 spiro atoms. The van der Waals surface area contributed by atoms with Gasteiger partial charge in [-0.05, 0) is 87.0 Å². The number of carbonyl (C=O) groups is 1. The number of hydrogen-bond donors (Lipinski definition) is 0. The molecule has 0 saturated carbocycles. The monoisotopic (exact) mass is 629 g/mol. The average Bonchev–Trinajstić information content (AvgIpc) is 3.74. The van der Waals surface area contributed by atoms with Crippen LogP contribution in [0.1, 0.15) is 40.9 Å². The zero-order chi connectivity index (χ0) is 32.9. The van der Waals surface area contributed by atoms with Gasteiger partial charge in [-0.3, -0.25) is 4.79 Å². The Labute approximate surface area is 284 Å². The summed E-state index contributed by atoms with van der Waals surface area (Å²) in [4.78, 5) is 15.9. The largest absolute Gasteiger partial charge is 0.456 e. The normalized spacial score (nSPS) is 13.7. The topological polar surface area (TPSA) is 33.5 Å². The molecular weight excluding hydrogens is 599 g/mol. The fraction of sp³-hybridized carbons (Fsp3) is 0.0652. The molecule has 3 nitrogen and oxygen atoms in total. The summed E-state index contributed by atoms with van der Waals surface area (Å²) in [5, 5.41) is 2.22. The first-order valence-electron chi connectivity index (χ1n) is 16.8. The maximum absolute atomic E-state index is 13.6. The van der Waals surface area contributed by atoms with E-state index in [0.29, 0.717) is 0 Å². The molecule has 0 atom stereocenters. The highest BCUT2D eigenvalue weighted by Crippen LogP contribution is 2.51. The molecule has 10 rings (SSSR count). The molecule has 0 bridgehead atoms. The van der Waals surface area contributed by atoms with Crippen LogP contribution >= 0.6 is 0 Å². The Balaban J connectivity index is 1.12. The summed E-state index contributed by atoms with van der Waals surface area (Å²) in [7, 11) is 0. The van der Waals surface area contributed by atoms with Crippen LogP contribution in [-0.4, -0.2) is 5.78 Å². The number of rotatable bonds is 4. The molecule has 1 aromatic heterocycles. The Hall–Kier alpha value is -6.19. The third-order valence-electron chi connectivity index (χ3n) is 10.6. The number of benzene rings is 7. The molecule has 0 amide bonds. The molecule has 2 aliphatic rings. The van der Waals surface area contributed by atoms with Crippen LogP contribution in [-0.2, 0) is 5.41 Å². The lowest BCUT2D eigenvalue weighted by atomic mass is 9.82. The summed E-state index contributed by atoms with van der Waals surface area (Å²) in [5.74, 6) is 0.0905. The van der Waals surface area contributed by atoms with Gasteiger partial charge < -0.3 is 9.32 Å². The molecule has 49 heavy (non-hydrogen) atoms. The minimum Gasteiger partial charge on any atom is -0.456 e. The number of anilines is 3. The van der Waals surface area contributed by atoms with E-state index in [1.165, 1.54) is 22.3 Å². The lowest BCUT2D eigenvalue weighted by Gasteiger charge is -2.28. The predicted octanol–water partition coefficient (Wildman–Crippen LogP) is 12.2. The first-order chi connectivity index (χ1) is 24.0. The Kier molecular flexibility index (Phi) is 5.78. The summed E-state index contributed by atoms with van der Waals surface area (Å²) in [6, 6.07) is 53.0. The number of ketones is 1. The van der Waals surface area contributed by atoms with Crippen molar-refractivity contribution in [3.63, 3.8) is 0 Å². The predicted molar refractivity (Wildman–Crippen MR) is 200 cm³/mol. The van der Waals surface area contributed by atoms with E-state index < -0.39 is 0 Å². The molecule has 0 unspecified atom stereocenters. The van der Waals surface area contributed by atoms with Crippen molar-refractivity contribution < 1.29 is 9.21 Å². The van der Waals surface area contributed by atoms with Gasteiger partial charge in [0.1, 0.15) is 11.2 Å². The van der Waals surface area contributed by atoms with E-state index in [9.17, 15) is 4.79 Å². The van der Waals surface area contributed by atoms with Gasteiger partial charge in [0.2, 0.25) is 0 Å². The number of nitrogens with zero attached hydrogens (tertiary/aromatic N) is 1. The zero-order valence-electron chi connectivity index (χ0n) is 27.2. The lowest BCUT2D eigenvalue weighted by Crippen LogP contribution is -2.16. The fourth-order valence-corrected chi connectivity index (χ4v) is 8.23. The van der Waals surface area contributed by atoms with E-state index in [0.717, 1.165) is 72.4 Å². The quantitative estimate of drug-likeness (QED) is 0.194. The summed E-state index contributed by atoms with van der Waals surface area (Å²) in [6.45, 7) is 4.64. The van der Waals surface area contributed by atoms with Crippen LogP contribution in [0, 0.1) is 0 Å². The number of hydrogen-bond acceptors (Lipinski definition) is 3. The molecule has 7 aromatic carbocycles. The molecule has 0 aliphatic heterocycles. The third-order valence-corrected chi connectivity index (χ3v) is 10.6. The zero-order valence-corrected chi connectivity index (χ0v) is 27.2. The first-order valence-corrected chi connectivity index (χ1v) is 16.8. The van der Waals surface area contributed by atoms with Crippen LogP contribution in [0.15, 0.2) is 156 Å². The van der Waals surface area contributed by atoms with Gasteiger partial charge in [-0.1, -0.05) is 117 Å². The number of carbonyl (C=O) groups excluding carboxylic acids is 1. The van der Waals surface area contributed by atoms with Crippen molar-refractivity contribution in [2.24, 2.45) is 0 Å². The second kappa shape index (κ2) is 10.2. The van der Waals surface area contributed by atoms with Gasteiger partial charge in [0, 0.05) is 50.4 Å². The van der Waals surface area contributed by atoms with Crippen molar-refractivity contribution in [2.45, 2.75) is 19.3 Å². The van der Waals surface area contributed by atoms with E-state index in [-0.39, 0.29) is 11.2 Å². The second-order valence-electron chi connectivity index (χ2n) is 13.7. The van der Waals surface area contributed by atoms with Crippen LogP contribution in [0.5, 0.6) is 0 Å². The van der Waals surface area contributed by atoms with E-state index in [1.54, 1.807) is 0 Å². The highest BCUT2D eigenvalue weighted by molar-refractivity contribution is 6.24. The molecular formula is C46H31NO2. The van der Waals surface area contributed by atoms with Crippen LogP contribution in [0.2, 0.25) is 0 Å². The van der Waals surface area contributed by atoms with Crippen LogP contribution < -0.4 is 4.90 Å². The van der Waals surface area contributed by atoms with Gasteiger partial charge in [-0.25, -0.2) is 0 Å². The Morgan fingerprint density at radius 3 is 1.94 bits per heavy atom. The summed E-state index contributed by atoms with van der Waals surface area (Å²) >= 11 is 0. The summed E-state index contributed by atoms with van der Waals surface area (Å²) < 4.78 is 6.36. The van der Waals surface area contributed by atoms with Crippen molar-refractivity contribution >= 4 is 44.8 Å². The van der Waals surface area contributed by atoms with Gasteiger partial charge in [0.05, 0.1) is 0 Å². The Morgan fingerprint density at radius 1 is 0.469 bits per heavy atom. The van der Waals surface area contributed by atoms with Gasteiger partial charge in [-0.2, -0.15) is 0 Å². The van der Waals surface area contributed by atoms with Crippen molar-refractivity contribution in [1.29, 1.82) is 0 Å². The molecule has 0 fully saturated rings. The molecule has 0 radical (unpaired) electrons. The minimum absolute atomic E-state index is 0.0905. The van der Waals surface area contributed by atoms with Gasteiger partial charge in [-0.15, -0.1) is 0 Å². The van der Waals surface area contributed by atoms with Crippen molar-refractivity contribution in [3.8, 4) is 33.4 Å². The van der Waals surface area contributed by atoms with E-state index >= 15 is 0 Å². The number of para-hydroxylation sites is 1. The average molecular weight is 630 g/mol. The number of furan rings is 1. The summed E-state index contributed by atoms with van der Waals surface area (Å²) in [5.41, 5.74) is 15.5. The molecule has 232 valence electrons. The SMILES string of the molecule is CC1(C)c2ccccc2-c2ccc(N(c3ccc(-c4cccc5c4C(=O)c4ccccc4-5)cc3)c3ccc4c(c3)oc3ccccc34)cc21. The van der Waals surface area contributed by atoms with Crippen LogP contribution in [0.25, 0.3) is 55.3 Å². The maximum Gasteiger partial charge on any atom is 0.194 e. The second-order valence-corrected chi connectivity index (χ2v) is 13.7. The third kappa shape index (κ3) is 3.99. The van der Waals surface area contributed by atoms with Gasteiger partial charge in [0.25, 0.3) is 0 Å². The van der Waals surface area contributed by atoms with E-state index in [4.69, 9.17) is 4.42 Å². The fourth-order valence-electron chi connectivity index (χ4n) is 8.23. The smallest absolute Gasteiger partial charge is 0.194 e. The first kappa shape index (κ1) is 27.9. The molecule has 1 heterocycles. The minimum atomic E-state index is -0.127.